The highest BCUT2D eigenvalue weighted by atomic mass is 79.9. The molecule has 0 amide bonds. The minimum Gasteiger partial charge on any atom is -0.467 e. The Labute approximate surface area is 122 Å². The molecular weight excluding hydrogens is 304 g/mol. The van der Waals surface area contributed by atoms with Crippen LogP contribution in [0.3, 0.4) is 0 Å². The Kier molecular flexibility index (Phi) is 4.66. The molecule has 0 aliphatic heterocycles. The lowest BCUT2D eigenvalue weighted by atomic mass is 10.1. The van der Waals surface area contributed by atoms with E-state index in [1.54, 1.807) is 6.26 Å². The minimum atomic E-state index is 0.308. The molecule has 1 unspecified atom stereocenters. The van der Waals surface area contributed by atoms with Crippen molar-refractivity contribution in [1.29, 1.82) is 0 Å². The Morgan fingerprint density at radius 3 is 2.79 bits per heavy atom. The Bertz CT molecular complexity index is 525. The van der Waals surface area contributed by atoms with Crippen molar-refractivity contribution in [2.24, 2.45) is 0 Å². The molecule has 3 nitrogen and oxygen atoms in total. The first-order valence-corrected chi connectivity index (χ1v) is 7.11. The fraction of sp³-hybridized carbons (Fsp3) is 0.333. The first-order chi connectivity index (χ1) is 9.11. The van der Waals surface area contributed by atoms with Crippen LogP contribution in [0.4, 0.5) is 5.69 Å². The monoisotopic (exact) mass is 322 g/mol. The van der Waals surface area contributed by atoms with Gasteiger partial charge in [-0.2, -0.15) is 0 Å². The molecule has 1 aromatic heterocycles. The highest BCUT2D eigenvalue weighted by molar-refractivity contribution is 9.10. The van der Waals surface area contributed by atoms with E-state index in [9.17, 15) is 0 Å². The first kappa shape index (κ1) is 14.2. The molecule has 0 fully saturated rings. The average molecular weight is 323 g/mol. The van der Waals surface area contributed by atoms with E-state index in [0.717, 1.165) is 16.8 Å². The highest BCUT2D eigenvalue weighted by Crippen LogP contribution is 2.29. The largest absolute Gasteiger partial charge is 0.467 e. The number of rotatable bonds is 5. The Morgan fingerprint density at radius 1 is 1.37 bits per heavy atom. The third-order valence-electron chi connectivity index (χ3n) is 3.28. The molecule has 0 aliphatic carbocycles. The van der Waals surface area contributed by atoms with E-state index in [1.807, 2.05) is 19.2 Å². The van der Waals surface area contributed by atoms with Gasteiger partial charge in [-0.05, 0) is 43.8 Å². The number of hydrogen-bond acceptors (Lipinski definition) is 3. The van der Waals surface area contributed by atoms with E-state index in [-0.39, 0.29) is 0 Å². The zero-order valence-corrected chi connectivity index (χ0v) is 13.1. The fourth-order valence-corrected chi connectivity index (χ4v) is 2.44. The van der Waals surface area contributed by atoms with Gasteiger partial charge in [0, 0.05) is 23.2 Å². The zero-order chi connectivity index (χ0) is 13.8. The number of nitrogens with one attached hydrogen (secondary N) is 1. The number of anilines is 1. The van der Waals surface area contributed by atoms with Crippen molar-refractivity contribution in [3.8, 4) is 0 Å². The third kappa shape index (κ3) is 3.39. The van der Waals surface area contributed by atoms with Gasteiger partial charge in [0.05, 0.1) is 12.8 Å². The fourth-order valence-electron chi connectivity index (χ4n) is 2.09. The van der Waals surface area contributed by atoms with E-state index in [0.29, 0.717) is 6.04 Å². The lowest BCUT2D eigenvalue weighted by Gasteiger charge is -2.24. The average Bonchev–Trinajstić information content (AvgIpc) is 2.90. The number of furan rings is 1. The van der Waals surface area contributed by atoms with Gasteiger partial charge in [-0.25, -0.2) is 0 Å². The molecule has 1 aromatic carbocycles. The quantitative estimate of drug-likeness (QED) is 0.903. The molecule has 0 radical (unpaired) electrons. The predicted molar refractivity (Wildman–Crippen MR) is 82.4 cm³/mol. The molecule has 0 bridgehead atoms. The maximum atomic E-state index is 5.41. The van der Waals surface area contributed by atoms with Crippen LogP contribution in [0.15, 0.2) is 45.5 Å². The van der Waals surface area contributed by atoms with Crippen molar-refractivity contribution in [2.45, 2.75) is 19.5 Å². The highest BCUT2D eigenvalue weighted by Gasteiger charge is 2.13. The second kappa shape index (κ2) is 6.26. The van der Waals surface area contributed by atoms with Crippen LogP contribution >= 0.6 is 15.9 Å². The number of hydrogen-bond donors (Lipinski definition) is 1. The molecule has 2 rings (SSSR count). The van der Waals surface area contributed by atoms with Gasteiger partial charge in [0.15, 0.2) is 0 Å². The molecule has 0 aliphatic rings. The van der Waals surface area contributed by atoms with Crippen LogP contribution in [0.5, 0.6) is 0 Å². The summed E-state index contributed by atoms with van der Waals surface area (Å²) in [5.41, 5.74) is 2.48. The van der Waals surface area contributed by atoms with Crippen LogP contribution in [-0.2, 0) is 6.54 Å². The van der Waals surface area contributed by atoms with E-state index < -0.39 is 0 Å². The number of nitrogens with zero attached hydrogens (tertiary/aromatic N) is 1. The van der Waals surface area contributed by atoms with Crippen LogP contribution in [0.2, 0.25) is 0 Å². The second-order valence-corrected chi connectivity index (χ2v) is 5.56. The van der Waals surface area contributed by atoms with E-state index >= 15 is 0 Å². The summed E-state index contributed by atoms with van der Waals surface area (Å²) >= 11 is 3.54. The summed E-state index contributed by atoms with van der Waals surface area (Å²) in [4.78, 5) is 2.20. The zero-order valence-electron chi connectivity index (χ0n) is 11.5. The summed E-state index contributed by atoms with van der Waals surface area (Å²) in [7, 11) is 4.05. The SMILES string of the molecule is CNC(C)c1ccc(Br)cc1N(C)Cc1ccco1. The van der Waals surface area contributed by atoms with Gasteiger partial charge in [-0.1, -0.05) is 22.0 Å². The maximum absolute atomic E-state index is 5.41. The van der Waals surface area contributed by atoms with Crippen molar-refractivity contribution in [2.75, 3.05) is 19.0 Å². The summed E-state index contributed by atoms with van der Waals surface area (Å²) in [6.45, 7) is 2.92. The van der Waals surface area contributed by atoms with Gasteiger partial charge >= 0.3 is 0 Å². The van der Waals surface area contributed by atoms with E-state index in [4.69, 9.17) is 4.42 Å². The molecule has 0 saturated carbocycles. The first-order valence-electron chi connectivity index (χ1n) is 6.32. The standard InChI is InChI=1S/C15H19BrN2O/c1-11(17-2)14-7-6-12(16)9-15(14)18(3)10-13-5-4-8-19-13/h4-9,11,17H,10H2,1-3H3. The number of halogens is 1. The van der Waals surface area contributed by atoms with Crippen LogP contribution < -0.4 is 10.2 Å². The maximum Gasteiger partial charge on any atom is 0.123 e. The smallest absolute Gasteiger partial charge is 0.123 e. The lowest BCUT2D eigenvalue weighted by molar-refractivity contribution is 0.507. The van der Waals surface area contributed by atoms with Crippen molar-refractivity contribution in [3.63, 3.8) is 0 Å². The van der Waals surface area contributed by atoms with Crippen molar-refractivity contribution >= 4 is 21.6 Å². The van der Waals surface area contributed by atoms with Gasteiger partial charge in [-0.15, -0.1) is 0 Å². The van der Waals surface area contributed by atoms with Gasteiger partial charge in [0.2, 0.25) is 0 Å². The Hall–Kier alpha value is -1.26. The van der Waals surface area contributed by atoms with E-state index in [1.165, 1.54) is 11.3 Å². The third-order valence-corrected chi connectivity index (χ3v) is 3.77. The molecule has 19 heavy (non-hydrogen) atoms. The van der Waals surface area contributed by atoms with Crippen molar-refractivity contribution < 1.29 is 4.42 Å². The topological polar surface area (TPSA) is 28.4 Å². The van der Waals surface area contributed by atoms with Crippen molar-refractivity contribution in [3.05, 3.63) is 52.4 Å². The van der Waals surface area contributed by atoms with Gasteiger partial charge in [0.25, 0.3) is 0 Å². The lowest BCUT2D eigenvalue weighted by Crippen LogP contribution is -2.21. The molecule has 0 saturated heterocycles. The summed E-state index contributed by atoms with van der Waals surface area (Å²) in [5.74, 6) is 0.963. The van der Waals surface area contributed by atoms with Gasteiger partial charge < -0.3 is 14.6 Å². The van der Waals surface area contributed by atoms with Crippen LogP contribution in [-0.4, -0.2) is 14.1 Å². The molecule has 1 heterocycles. The molecule has 102 valence electrons. The molecular formula is C15H19BrN2O. The Balaban J connectivity index is 2.28. The predicted octanol–water partition coefficient (Wildman–Crippen LogP) is 3.96. The van der Waals surface area contributed by atoms with Crippen LogP contribution in [0, 0.1) is 0 Å². The summed E-state index contributed by atoms with van der Waals surface area (Å²) in [6.07, 6.45) is 1.71. The van der Waals surface area contributed by atoms with E-state index in [2.05, 4.69) is 58.3 Å². The normalized spacial score (nSPS) is 12.4. The molecule has 1 atom stereocenters. The molecule has 4 heteroatoms. The van der Waals surface area contributed by atoms with Gasteiger partial charge in [0.1, 0.15) is 5.76 Å². The Morgan fingerprint density at radius 2 is 2.16 bits per heavy atom. The van der Waals surface area contributed by atoms with Crippen molar-refractivity contribution in [1.82, 2.24) is 5.32 Å². The summed E-state index contributed by atoms with van der Waals surface area (Å²) < 4.78 is 6.50. The van der Waals surface area contributed by atoms with Crippen LogP contribution in [0.1, 0.15) is 24.3 Å². The second-order valence-electron chi connectivity index (χ2n) is 4.65. The summed E-state index contributed by atoms with van der Waals surface area (Å²) in [6, 6.07) is 10.6. The number of benzene rings is 1. The molecule has 1 N–H and O–H groups in total. The minimum absolute atomic E-state index is 0.308. The van der Waals surface area contributed by atoms with Gasteiger partial charge in [-0.3, -0.25) is 0 Å². The van der Waals surface area contributed by atoms with Crippen LogP contribution in [0.25, 0.3) is 0 Å². The molecule has 0 spiro atoms. The summed E-state index contributed by atoms with van der Waals surface area (Å²) in [5, 5.41) is 3.29. The molecule has 2 aromatic rings.